The van der Waals surface area contributed by atoms with Crippen LogP contribution >= 0.6 is 0 Å². The zero-order valence-electron chi connectivity index (χ0n) is 13.4. The van der Waals surface area contributed by atoms with Gasteiger partial charge in [0.25, 0.3) is 0 Å². The van der Waals surface area contributed by atoms with Gasteiger partial charge in [-0.25, -0.2) is 0 Å². The molecule has 1 rings (SSSR count). The predicted molar refractivity (Wildman–Crippen MR) is 78.4 cm³/mol. The first kappa shape index (κ1) is 17.6. The first-order valence-corrected chi connectivity index (χ1v) is 7.85. The van der Waals surface area contributed by atoms with Crippen LogP contribution in [-0.4, -0.2) is 36.5 Å². The minimum Gasteiger partial charge on any atom is -0.396 e. The summed E-state index contributed by atoms with van der Waals surface area (Å²) in [6, 6.07) is 0. The molecule has 4 heteroatoms. The highest BCUT2D eigenvalue weighted by molar-refractivity contribution is 5.80. The number of aliphatic hydroxyl groups is 1. The molecule has 1 fully saturated rings. The molecule has 1 N–H and O–H groups in total. The van der Waals surface area contributed by atoms with Gasteiger partial charge in [-0.15, -0.1) is 0 Å². The van der Waals surface area contributed by atoms with Crippen molar-refractivity contribution in [1.29, 1.82) is 0 Å². The average molecular weight is 286 g/mol. The van der Waals surface area contributed by atoms with Crippen molar-refractivity contribution in [3.63, 3.8) is 0 Å². The summed E-state index contributed by atoms with van der Waals surface area (Å²) in [5.74, 6) is -0.220. The van der Waals surface area contributed by atoms with E-state index in [9.17, 15) is 9.90 Å². The van der Waals surface area contributed by atoms with Gasteiger partial charge < -0.3 is 14.6 Å². The van der Waals surface area contributed by atoms with Crippen LogP contribution in [0.15, 0.2) is 0 Å². The maximum absolute atomic E-state index is 12.1. The molecule has 0 bridgehead atoms. The van der Waals surface area contributed by atoms with Crippen molar-refractivity contribution in [2.75, 3.05) is 19.8 Å². The van der Waals surface area contributed by atoms with E-state index >= 15 is 0 Å². The van der Waals surface area contributed by atoms with Crippen LogP contribution in [0.3, 0.4) is 0 Å². The quantitative estimate of drug-likeness (QED) is 0.745. The van der Waals surface area contributed by atoms with Gasteiger partial charge in [-0.2, -0.15) is 0 Å². The largest absolute Gasteiger partial charge is 0.396 e. The van der Waals surface area contributed by atoms with Crippen molar-refractivity contribution in [3.05, 3.63) is 0 Å². The van der Waals surface area contributed by atoms with Gasteiger partial charge in [0.2, 0.25) is 0 Å². The maximum Gasteiger partial charge on any atom is 0.165 e. The summed E-state index contributed by atoms with van der Waals surface area (Å²) in [5.41, 5.74) is -0.279. The Morgan fingerprint density at radius 1 is 1.20 bits per heavy atom. The molecule has 1 aliphatic rings. The highest BCUT2D eigenvalue weighted by atomic mass is 16.7. The number of carbonyl (C=O) groups excluding carboxylic acids is 1. The molecule has 0 amide bonds. The number of ketones is 1. The SMILES string of the molecule is CCC(CC)C(=O)CCC1(C)OCC(CC)(CO)CO1. The summed E-state index contributed by atoms with van der Waals surface area (Å²) in [5, 5.41) is 9.45. The smallest absolute Gasteiger partial charge is 0.165 e. The minimum atomic E-state index is -0.685. The Morgan fingerprint density at radius 3 is 2.15 bits per heavy atom. The Labute approximate surface area is 122 Å². The summed E-state index contributed by atoms with van der Waals surface area (Å²) in [6.07, 6.45) is 3.72. The summed E-state index contributed by atoms with van der Waals surface area (Å²) < 4.78 is 11.7. The molecular weight excluding hydrogens is 256 g/mol. The van der Waals surface area contributed by atoms with E-state index in [0.717, 1.165) is 19.3 Å². The monoisotopic (exact) mass is 286 g/mol. The standard InChI is InChI=1S/C16H30O4/c1-5-13(6-2)14(18)8-9-15(4)19-11-16(7-3,10-17)12-20-15/h13,17H,5-12H2,1-4H3. The fraction of sp³-hybridized carbons (Fsp3) is 0.938. The third-order valence-electron chi connectivity index (χ3n) is 4.72. The lowest BCUT2D eigenvalue weighted by atomic mass is 9.86. The number of carbonyl (C=O) groups is 1. The second-order valence-electron chi connectivity index (χ2n) is 6.20. The molecule has 0 spiro atoms. The van der Waals surface area contributed by atoms with Crippen molar-refractivity contribution in [2.45, 2.75) is 65.6 Å². The van der Waals surface area contributed by atoms with E-state index in [1.807, 2.05) is 13.8 Å². The topological polar surface area (TPSA) is 55.8 Å². The van der Waals surface area contributed by atoms with Crippen molar-refractivity contribution in [2.24, 2.45) is 11.3 Å². The summed E-state index contributed by atoms with van der Waals surface area (Å²) in [6.45, 7) is 9.10. The first-order chi connectivity index (χ1) is 9.44. The normalized spacial score (nSPS) is 30.7. The molecule has 4 nitrogen and oxygen atoms in total. The second-order valence-corrected chi connectivity index (χ2v) is 6.20. The van der Waals surface area contributed by atoms with Crippen molar-refractivity contribution in [3.8, 4) is 0 Å². The van der Waals surface area contributed by atoms with Crippen LogP contribution in [0.5, 0.6) is 0 Å². The summed E-state index contributed by atoms with van der Waals surface area (Å²) >= 11 is 0. The van der Waals surface area contributed by atoms with Crippen LogP contribution in [0.25, 0.3) is 0 Å². The number of hydrogen-bond donors (Lipinski definition) is 1. The maximum atomic E-state index is 12.1. The van der Waals surface area contributed by atoms with Crippen LogP contribution in [0, 0.1) is 11.3 Å². The van der Waals surface area contributed by atoms with E-state index in [1.165, 1.54) is 0 Å². The van der Waals surface area contributed by atoms with Crippen LogP contribution in [0.2, 0.25) is 0 Å². The third kappa shape index (κ3) is 4.27. The van der Waals surface area contributed by atoms with Gasteiger partial charge in [0.15, 0.2) is 5.79 Å². The Hall–Kier alpha value is -0.450. The van der Waals surface area contributed by atoms with Gasteiger partial charge >= 0.3 is 0 Å². The molecule has 0 unspecified atom stereocenters. The van der Waals surface area contributed by atoms with E-state index in [4.69, 9.17) is 9.47 Å². The Balaban J connectivity index is 2.47. The van der Waals surface area contributed by atoms with Gasteiger partial charge in [-0.05, 0) is 26.2 Å². The molecule has 1 aliphatic heterocycles. The lowest BCUT2D eigenvalue weighted by Crippen LogP contribution is -2.49. The van der Waals surface area contributed by atoms with E-state index in [2.05, 4.69) is 13.8 Å². The molecule has 20 heavy (non-hydrogen) atoms. The van der Waals surface area contributed by atoms with Crippen LogP contribution in [-0.2, 0) is 14.3 Å². The number of aliphatic hydroxyl groups excluding tert-OH is 1. The molecule has 0 aromatic carbocycles. The lowest BCUT2D eigenvalue weighted by Gasteiger charge is -2.43. The molecule has 0 aliphatic carbocycles. The highest BCUT2D eigenvalue weighted by Gasteiger charge is 2.41. The third-order valence-corrected chi connectivity index (χ3v) is 4.72. The van der Waals surface area contributed by atoms with Gasteiger partial charge in [-0.1, -0.05) is 20.8 Å². The summed E-state index contributed by atoms with van der Waals surface area (Å²) in [7, 11) is 0. The number of ether oxygens (including phenoxy) is 2. The molecule has 1 saturated heterocycles. The zero-order chi connectivity index (χ0) is 15.2. The number of rotatable bonds is 8. The van der Waals surface area contributed by atoms with Gasteiger partial charge in [0.1, 0.15) is 5.78 Å². The van der Waals surface area contributed by atoms with Crippen molar-refractivity contribution < 1.29 is 19.4 Å². The van der Waals surface area contributed by atoms with E-state index in [-0.39, 0.29) is 17.9 Å². The molecule has 118 valence electrons. The fourth-order valence-electron chi connectivity index (χ4n) is 2.54. The lowest BCUT2D eigenvalue weighted by molar-refractivity contribution is -0.302. The summed E-state index contributed by atoms with van der Waals surface area (Å²) in [4.78, 5) is 12.1. The Bertz CT molecular complexity index is 296. The van der Waals surface area contributed by atoms with Gasteiger partial charge in [0.05, 0.1) is 19.8 Å². The first-order valence-electron chi connectivity index (χ1n) is 7.85. The van der Waals surface area contributed by atoms with E-state index < -0.39 is 5.79 Å². The molecule has 0 atom stereocenters. The molecule has 1 heterocycles. The Kier molecular flexibility index (Phi) is 6.62. The van der Waals surface area contributed by atoms with E-state index in [0.29, 0.717) is 31.8 Å². The van der Waals surface area contributed by atoms with E-state index in [1.54, 1.807) is 0 Å². The minimum absolute atomic E-state index is 0.0756. The number of hydrogen-bond acceptors (Lipinski definition) is 4. The molecular formula is C16H30O4. The van der Waals surface area contributed by atoms with Crippen molar-refractivity contribution in [1.82, 2.24) is 0 Å². The molecule has 0 radical (unpaired) electrons. The average Bonchev–Trinajstić information content (AvgIpc) is 2.48. The van der Waals surface area contributed by atoms with Crippen LogP contribution < -0.4 is 0 Å². The molecule has 0 aromatic heterocycles. The van der Waals surface area contributed by atoms with Gasteiger partial charge in [-0.3, -0.25) is 4.79 Å². The number of Topliss-reactive ketones (excluding diaryl/α,β-unsaturated/α-hetero) is 1. The zero-order valence-corrected chi connectivity index (χ0v) is 13.4. The molecule has 0 aromatic rings. The molecule has 0 saturated carbocycles. The highest BCUT2D eigenvalue weighted by Crippen LogP contribution is 2.34. The predicted octanol–water partition coefficient (Wildman–Crippen LogP) is 2.92. The fourth-order valence-corrected chi connectivity index (χ4v) is 2.54. The van der Waals surface area contributed by atoms with Crippen LogP contribution in [0.1, 0.15) is 59.8 Å². The van der Waals surface area contributed by atoms with Gasteiger partial charge in [0, 0.05) is 24.2 Å². The van der Waals surface area contributed by atoms with Crippen molar-refractivity contribution >= 4 is 5.78 Å². The van der Waals surface area contributed by atoms with Crippen LogP contribution in [0.4, 0.5) is 0 Å². The Morgan fingerprint density at radius 2 is 1.75 bits per heavy atom. The second kappa shape index (κ2) is 7.53.